The normalized spacial score (nSPS) is 18.5. The van der Waals surface area contributed by atoms with Gasteiger partial charge in [-0.25, -0.2) is 4.98 Å². The molecule has 2 N–H and O–H groups in total. The highest BCUT2D eigenvalue weighted by Crippen LogP contribution is 2.17. The van der Waals surface area contributed by atoms with Crippen molar-refractivity contribution in [2.24, 2.45) is 0 Å². The summed E-state index contributed by atoms with van der Waals surface area (Å²) < 4.78 is 5.24. The Kier molecular flexibility index (Phi) is 4.74. The van der Waals surface area contributed by atoms with E-state index in [1.165, 1.54) is 0 Å². The number of hydrogen-bond donors (Lipinski definition) is 2. The van der Waals surface area contributed by atoms with E-state index in [2.05, 4.69) is 26.4 Å². The molecule has 0 spiro atoms. The lowest BCUT2D eigenvalue weighted by Crippen LogP contribution is -2.49. The maximum Gasteiger partial charge on any atom is 0.237 e. The van der Waals surface area contributed by atoms with E-state index in [9.17, 15) is 4.79 Å². The number of piperidine rings is 1. The smallest absolute Gasteiger partial charge is 0.237 e. The van der Waals surface area contributed by atoms with Crippen molar-refractivity contribution in [3.05, 3.63) is 24.2 Å². The molecular weight excluding hydrogens is 294 g/mol. The summed E-state index contributed by atoms with van der Waals surface area (Å²) in [6, 6.07) is 3.40. The minimum Gasteiger partial charge on any atom is -0.461 e. The molecule has 3 heterocycles. The minimum absolute atomic E-state index is 0.0177. The topological polar surface area (TPSA) is 87.1 Å². The van der Waals surface area contributed by atoms with Gasteiger partial charge in [0.15, 0.2) is 5.76 Å². The van der Waals surface area contributed by atoms with Gasteiger partial charge in [-0.15, -0.1) is 11.5 Å². The number of nitrogens with one attached hydrogen (secondary N) is 2. The van der Waals surface area contributed by atoms with Crippen LogP contribution in [0.25, 0.3) is 11.6 Å². The maximum absolute atomic E-state index is 12.4. The summed E-state index contributed by atoms with van der Waals surface area (Å²) in [5.74, 6) is 4.26. The molecule has 1 aliphatic rings. The summed E-state index contributed by atoms with van der Waals surface area (Å²) >= 11 is 0. The number of terminal acetylenes is 1. The van der Waals surface area contributed by atoms with Crippen LogP contribution < -0.4 is 5.32 Å². The van der Waals surface area contributed by atoms with Gasteiger partial charge in [0.2, 0.25) is 11.7 Å². The Morgan fingerprint density at radius 2 is 2.48 bits per heavy atom. The number of furan rings is 1. The van der Waals surface area contributed by atoms with Crippen molar-refractivity contribution in [2.75, 3.05) is 13.1 Å². The molecule has 7 heteroatoms. The third kappa shape index (κ3) is 3.60. The molecule has 1 saturated heterocycles. The lowest BCUT2D eigenvalue weighted by atomic mass is 10.0. The Morgan fingerprint density at radius 3 is 3.26 bits per heavy atom. The Balaban J connectivity index is 1.57. The fourth-order valence-corrected chi connectivity index (χ4v) is 2.77. The molecule has 0 saturated carbocycles. The zero-order valence-electron chi connectivity index (χ0n) is 12.8. The Labute approximate surface area is 134 Å². The molecular formula is C16H19N5O2. The number of carbonyl (C=O) groups excluding carboxylic acids is 1. The van der Waals surface area contributed by atoms with Gasteiger partial charge in [-0.05, 0) is 31.5 Å². The van der Waals surface area contributed by atoms with Gasteiger partial charge in [-0.1, -0.05) is 12.3 Å². The third-order valence-corrected chi connectivity index (χ3v) is 3.91. The molecule has 0 aliphatic carbocycles. The number of likely N-dealkylation sites (tertiary alicyclic amines) is 1. The van der Waals surface area contributed by atoms with E-state index in [4.69, 9.17) is 10.8 Å². The fraction of sp³-hybridized carbons (Fsp3) is 0.438. The minimum atomic E-state index is -0.160. The number of amides is 1. The zero-order chi connectivity index (χ0) is 16.1. The Morgan fingerprint density at radius 1 is 1.57 bits per heavy atom. The number of aromatic nitrogens is 3. The third-order valence-electron chi connectivity index (χ3n) is 3.91. The Bertz CT molecular complexity index is 686. The summed E-state index contributed by atoms with van der Waals surface area (Å²) in [6.45, 7) is 1.67. The predicted octanol–water partition coefficient (Wildman–Crippen LogP) is 1.17. The van der Waals surface area contributed by atoms with E-state index < -0.39 is 0 Å². The van der Waals surface area contributed by atoms with Gasteiger partial charge in [0.05, 0.1) is 25.4 Å². The molecule has 2 aromatic heterocycles. The molecule has 3 rings (SSSR count). The van der Waals surface area contributed by atoms with Crippen LogP contribution >= 0.6 is 0 Å². The lowest BCUT2D eigenvalue weighted by molar-refractivity contribution is -0.127. The highest BCUT2D eigenvalue weighted by molar-refractivity contribution is 5.81. The molecule has 1 unspecified atom stereocenters. The van der Waals surface area contributed by atoms with Gasteiger partial charge in [-0.3, -0.25) is 14.8 Å². The van der Waals surface area contributed by atoms with Crippen molar-refractivity contribution < 1.29 is 9.21 Å². The summed E-state index contributed by atoms with van der Waals surface area (Å²) in [5.41, 5.74) is 0. The van der Waals surface area contributed by atoms with Crippen LogP contribution in [-0.4, -0.2) is 45.1 Å². The number of carbonyl (C=O) groups is 1. The first kappa shape index (κ1) is 15.3. The summed E-state index contributed by atoms with van der Waals surface area (Å²) in [6.07, 6.45) is 9.91. The van der Waals surface area contributed by atoms with Crippen LogP contribution in [0.3, 0.4) is 0 Å². The molecule has 0 radical (unpaired) electrons. The highest BCUT2D eigenvalue weighted by atomic mass is 16.3. The number of nitrogens with zero attached hydrogens (tertiary/aromatic N) is 3. The van der Waals surface area contributed by atoms with Gasteiger partial charge in [0, 0.05) is 0 Å². The molecule has 120 valence electrons. The van der Waals surface area contributed by atoms with Crippen LogP contribution in [0.4, 0.5) is 0 Å². The summed E-state index contributed by atoms with van der Waals surface area (Å²) in [7, 11) is 0. The molecule has 1 amide bonds. The van der Waals surface area contributed by atoms with Crippen LogP contribution in [0.2, 0.25) is 0 Å². The SMILES string of the molecule is C#CCN1CCCCC1C(=O)NCc1nc(-c2ccco2)n[nH]1. The average molecular weight is 313 g/mol. The van der Waals surface area contributed by atoms with Crippen molar-refractivity contribution in [3.8, 4) is 23.9 Å². The first-order chi connectivity index (χ1) is 11.3. The lowest BCUT2D eigenvalue weighted by Gasteiger charge is -2.33. The van der Waals surface area contributed by atoms with E-state index in [1.807, 2.05) is 4.90 Å². The summed E-state index contributed by atoms with van der Waals surface area (Å²) in [4.78, 5) is 18.7. The molecule has 1 atom stereocenters. The van der Waals surface area contributed by atoms with Gasteiger partial charge in [-0.2, -0.15) is 0 Å². The van der Waals surface area contributed by atoms with Gasteiger partial charge in [0.25, 0.3) is 0 Å². The summed E-state index contributed by atoms with van der Waals surface area (Å²) in [5, 5.41) is 9.78. The molecule has 0 aromatic carbocycles. The van der Waals surface area contributed by atoms with Crippen molar-refractivity contribution in [2.45, 2.75) is 31.8 Å². The number of hydrogen-bond acceptors (Lipinski definition) is 5. The van der Waals surface area contributed by atoms with E-state index in [0.717, 1.165) is 25.8 Å². The predicted molar refractivity (Wildman–Crippen MR) is 84.0 cm³/mol. The highest BCUT2D eigenvalue weighted by Gasteiger charge is 2.27. The standard InChI is InChI=1S/C16H19N5O2/c1-2-8-21-9-4-3-6-12(21)16(22)17-11-14-18-15(20-19-14)13-7-5-10-23-13/h1,5,7,10,12H,3-4,6,8-9,11H2,(H,17,22)(H,18,19,20). The van der Waals surface area contributed by atoms with Crippen molar-refractivity contribution >= 4 is 5.91 Å². The monoisotopic (exact) mass is 313 g/mol. The van der Waals surface area contributed by atoms with Crippen molar-refractivity contribution in [3.63, 3.8) is 0 Å². The van der Waals surface area contributed by atoms with E-state index >= 15 is 0 Å². The molecule has 0 bridgehead atoms. The zero-order valence-corrected chi connectivity index (χ0v) is 12.8. The first-order valence-corrected chi connectivity index (χ1v) is 7.68. The quantitative estimate of drug-likeness (QED) is 0.809. The fourth-order valence-electron chi connectivity index (χ4n) is 2.77. The molecule has 2 aromatic rings. The molecule has 7 nitrogen and oxygen atoms in total. The van der Waals surface area contributed by atoms with E-state index in [1.54, 1.807) is 18.4 Å². The van der Waals surface area contributed by atoms with Gasteiger partial charge in [0.1, 0.15) is 5.82 Å². The molecule has 23 heavy (non-hydrogen) atoms. The van der Waals surface area contributed by atoms with Crippen LogP contribution in [0, 0.1) is 12.3 Å². The van der Waals surface area contributed by atoms with Gasteiger partial charge < -0.3 is 9.73 Å². The van der Waals surface area contributed by atoms with Crippen LogP contribution in [0.15, 0.2) is 22.8 Å². The first-order valence-electron chi connectivity index (χ1n) is 7.68. The second-order valence-corrected chi connectivity index (χ2v) is 5.49. The largest absolute Gasteiger partial charge is 0.461 e. The Hall–Kier alpha value is -2.59. The number of rotatable bonds is 5. The van der Waals surface area contributed by atoms with E-state index in [0.29, 0.717) is 30.5 Å². The van der Waals surface area contributed by atoms with Crippen LogP contribution in [0.1, 0.15) is 25.1 Å². The van der Waals surface area contributed by atoms with Gasteiger partial charge >= 0.3 is 0 Å². The molecule has 1 fully saturated rings. The van der Waals surface area contributed by atoms with E-state index in [-0.39, 0.29) is 11.9 Å². The second kappa shape index (κ2) is 7.11. The number of aromatic amines is 1. The van der Waals surface area contributed by atoms with Crippen molar-refractivity contribution in [1.82, 2.24) is 25.4 Å². The maximum atomic E-state index is 12.4. The van der Waals surface area contributed by atoms with Crippen molar-refractivity contribution in [1.29, 1.82) is 0 Å². The second-order valence-electron chi connectivity index (χ2n) is 5.49. The number of H-pyrrole nitrogens is 1. The molecule has 1 aliphatic heterocycles. The van der Waals surface area contributed by atoms with Crippen LogP contribution in [-0.2, 0) is 11.3 Å². The average Bonchev–Trinajstić information content (AvgIpc) is 3.24. The van der Waals surface area contributed by atoms with Crippen LogP contribution in [0.5, 0.6) is 0 Å².